The van der Waals surface area contributed by atoms with Gasteiger partial charge in [0.15, 0.2) is 0 Å². The molecule has 1 radical (unpaired) electrons. The molecule has 0 aliphatic carbocycles. The lowest BCUT2D eigenvalue weighted by Crippen LogP contribution is -1.94. The van der Waals surface area contributed by atoms with Gasteiger partial charge in [0.1, 0.15) is 0 Å². The van der Waals surface area contributed by atoms with Gasteiger partial charge in [-0.1, -0.05) is 26.2 Å². The van der Waals surface area contributed by atoms with Crippen LogP contribution in [0.15, 0.2) is 0 Å². The van der Waals surface area contributed by atoms with Gasteiger partial charge < -0.3 is 46.0 Å². The Kier molecular flexibility index (Phi) is 255. The lowest BCUT2D eigenvalue weighted by Gasteiger charge is -1.92. The van der Waals surface area contributed by atoms with Crippen LogP contribution in [0.2, 0.25) is 0 Å². The van der Waals surface area contributed by atoms with E-state index in [1.807, 2.05) is 0 Å². The van der Waals surface area contributed by atoms with E-state index in [4.69, 9.17) is 84.3 Å². The van der Waals surface area contributed by atoms with Crippen molar-refractivity contribution < 1.29 is 89.1 Å². The fourth-order valence-electron chi connectivity index (χ4n) is 0.620. The minimum atomic E-state index is -0.800. The first-order valence-electron chi connectivity index (χ1n) is 7.28. The van der Waals surface area contributed by atoms with Crippen molar-refractivity contribution in [1.82, 2.24) is 0 Å². The number of carboxylic acids is 1. The molecular formula is C15H29O18. The van der Waals surface area contributed by atoms with E-state index in [9.17, 15) is 4.79 Å². The van der Waals surface area contributed by atoms with Gasteiger partial charge in [-0.05, 0) is 6.42 Å². The third kappa shape index (κ3) is 11500. The molecule has 0 aliphatic heterocycles. The van der Waals surface area contributed by atoms with E-state index in [-0.39, 0.29) is 51.8 Å². The molecule has 0 rings (SSSR count). The second kappa shape index (κ2) is 149. The monoisotopic (exact) mass is 497 g/mol. The predicted molar refractivity (Wildman–Crippen MR) is 106 cm³/mol. The Balaban J connectivity index is -0.0000000297. The summed E-state index contributed by atoms with van der Waals surface area (Å²) in [7, 11) is 0. The van der Waals surface area contributed by atoms with E-state index in [1.54, 1.807) is 0 Å². The Bertz CT molecular complexity index is 300. The van der Waals surface area contributed by atoms with Crippen molar-refractivity contribution in [3.63, 3.8) is 0 Å². The Morgan fingerprint density at radius 2 is 0.697 bits per heavy atom. The van der Waals surface area contributed by atoms with Crippen molar-refractivity contribution in [2.24, 2.45) is 0 Å². The van der Waals surface area contributed by atoms with Gasteiger partial charge in [-0.25, -0.2) is 0 Å². The smallest absolute Gasteiger partial charge is 0.307 e. The van der Waals surface area contributed by atoms with Crippen LogP contribution in [0.4, 0.5) is 0 Å². The molecule has 33 heavy (non-hydrogen) atoms. The molecule has 0 unspecified atom stereocenters. The van der Waals surface area contributed by atoms with Gasteiger partial charge in [0.2, 0.25) is 0 Å². The Labute approximate surface area is 186 Å². The van der Waals surface area contributed by atoms with E-state index in [0.717, 1.165) is 19.3 Å². The standard InChI is InChI=1S/C7H13O2.8CH2O2/c1-2-3-4-5-6-7(8)9;8*2-1-3/h6H,2-5H2,1H3,(H,8,9);8*1H,(H,2,3). The summed E-state index contributed by atoms with van der Waals surface area (Å²) in [6, 6.07) is 0. The molecular weight excluding hydrogens is 468 g/mol. The summed E-state index contributed by atoms with van der Waals surface area (Å²) < 4.78 is 0. The average molecular weight is 497 g/mol. The third-order valence-corrected chi connectivity index (χ3v) is 1.13. The van der Waals surface area contributed by atoms with E-state index in [2.05, 4.69) is 6.92 Å². The largest absolute Gasteiger partial charge is 0.483 e. The van der Waals surface area contributed by atoms with Crippen LogP contribution in [0.1, 0.15) is 32.6 Å². The number of aliphatic carboxylic acids is 1. The molecule has 0 saturated carbocycles. The molecule has 0 heterocycles. The SMILES string of the molecule is CCCCC[CH]C(=O)O.O=CO.O=CO.O=CO.O=CO.O=CO.O=CO.O=CO.O=CO. The van der Waals surface area contributed by atoms with Crippen molar-refractivity contribution in [2.75, 3.05) is 0 Å². The summed E-state index contributed by atoms with van der Waals surface area (Å²) in [6.45, 7) is 0.0980. The van der Waals surface area contributed by atoms with E-state index >= 15 is 0 Å². The summed E-state index contributed by atoms with van der Waals surface area (Å²) in [4.78, 5) is 76.8. The maximum Gasteiger partial charge on any atom is 0.307 e. The molecule has 0 atom stereocenters. The molecule has 0 saturated heterocycles. The summed E-state index contributed by atoms with van der Waals surface area (Å²) in [6.07, 6.45) is 5.30. The highest BCUT2D eigenvalue weighted by Crippen LogP contribution is 2.00. The molecule has 197 valence electrons. The summed E-state index contributed by atoms with van der Waals surface area (Å²) >= 11 is 0. The minimum absolute atomic E-state index is 0.250. The quantitative estimate of drug-likeness (QED) is 0.170. The molecule has 0 bridgehead atoms. The van der Waals surface area contributed by atoms with Crippen LogP contribution in [0.5, 0.6) is 0 Å². The fourth-order valence-corrected chi connectivity index (χ4v) is 0.620. The van der Waals surface area contributed by atoms with E-state index in [0.29, 0.717) is 6.42 Å². The van der Waals surface area contributed by atoms with Crippen LogP contribution in [-0.2, 0) is 43.2 Å². The number of hydrogen-bond donors (Lipinski definition) is 9. The minimum Gasteiger partial charge on any atom is -0.483 e. The molecule has 18 nitrogen and oxygen atoms in total. The molecule has 0 amide bonds. The number of rotatable bonds is 5. The van der Waals surface area contributed by atoms with Crippen molar-refractivity contribution in [2.45, 2.75) is 32.6 Å². The van der Waals surface area contributed by atoms with Gasteiger partial charge in [0.25, 0.3) is 51.8 Å². The number of unbranched alkanes of at least 4 members (excludes halogenated alkanes) is 3. The van der Waals surface area contributed by atoms with Gasteiger partial charge in [0, 0.05) is 0 Å². The molecule has 0 aromatic heterocycles. The zero-order valence-corrected chi connectivity index (χ0v) is 17.2. The second-order valence-corrected chi connectivity index (χ2v) is 2.88. The van der Waals surface area contributed by atoms with Gasteiger partial charge in [0.05, 0.1) is 6.42 Å². The molecule has 18 heteroatoms. The average Bonchev–Trinajstić information content (AvgIpc) is 2.70. The highest BCUT2D eigenvalue weighted by Gasteiger charge is 1.94. The van der Waals surface area contributed by atoms with Crippen molar-refractivity contribution in [1.29, 1.82) is 0 Å². The van der Waals surface area contributed by atoms with Crippen LogP contribution in [0.3, 0.4) is 0 Å². The zero-order valence-electron chi connectivity index (χ0n) is 17.2. The fraction of sp³-hybridized carbons (Fsp3) is 0.333. The van der Waals surface area contributed by atoms with Crippen molar-refractivity contribution in [3.05, 3.63) is 6.42 Å². The Hall–Kier alpha value is -4.77. The number of hydrogen-bond acceptors (Lipinski definition) is 9. The van der Waals surface area contributed by atoms with Gasteiger partial charge in [-0.3, -0.25) is 43.2 Å². The normalized spacial score (nSPS) is 5.48. The lowest BCUT2D eigenvalue weighted by atomic mass is 10.2. The maximum absolute atomic E-state index is 9.91. The van der Waals surface area contributed by atoms with E-state index in [1.165, 1.54) is 6.42 Å². The first-order chi connectivity index (χ1) is 15.6. The zero-order chi connectivity index (χ0) is 28.8. The second-order valence-electron chi connectivity index (χ2n) is 2.88. The van der Waals surface area contributed by atoms with Crippen molar-refractivity contribution >= 4 is 57.7 Å². The molecule has 0 aromatic carbocycles. The molecule has 0 aromatic rings. The van der Waals surface area contributed by atoms with E-state index < -0.39 is 5.97 Å². The van der Waals surface area contributed by atoms with Crippen LogP contribution in [0.25, 0.3) is 0 Å². The highest BCUT2D eigenvalue weighted by atomic mass is 16.4. The molecule has 0 aliphatic rings. The van der Waals surface area contributed by atoms with Crippen LogP contribution in [0, 0.1) is 6.42 Å². The first kappa shape index (κ1) is 56.6. The molecule has 0 spiro atoms. The Morgan fingerprint density at radius 1 is 0.515 bits per heavy atom. The lowest BCUT2D eigenvalue weighted by molar-refractivity contribution is -0.133. The number of carboxylic acid groups (broad SMARTS) is 9. The highest BCUT2D eigenvalue weighted by molar-refractivity contribution is 5.76. The predicted octanol–water partition coefficient (Wildman–Crippen LogP) is -0.538. The summed E-state index contributed by atoms with van der Waals surface area (Å²) in [5.41, 5.74) is 0. The Morgan fingerprint density at radius 3 is 0.818 bits per heavy atom. The molecule has 0 fully saturated rings. The first-order valence-corrected chi connectivity index (χ1v) is 7.28. The van der Waals surface area contributed by atoms with Crippen LogP contribution < -0.4 is 0 Å². The van der Waals surface area contributed by atoms with Crippen LogP contribution >= 0.6 is 0 Å². The maximum atomic E-state index is 9.91. The molecule has 9 N–H and O–H groups in total. The van der Waals surface area contributed by atoms with Gasteiger partial charge in [-0.2, -0.15) is 0 Å². The van der Waals surface area contributed by atoms with Crippen molar-refractivity contribution in [3.8, 4) is 0 Å². The number of carbonyl (C=O) groups is 9. The summed E-state index contributed by atoms with van der Waals surface area (Å²) in [5.74, 6) is -0.800. The summed E-state index contributed by atoms with van der Waals surface area (Å²) in [5, 5.41) is 63.3. The topological polar surface area (TPSA) is 336 Å². The third-order valence-electron chi connectivity index (χ3n) is 1.13. The van der Waals surface area contributed by atoms with Gasteiger partial charge >= 0.3 is 5.97 Å². The van der Waals surface area contributed by atoms with Crippen LogP contribution in [-0.4, -0.2) is 104 Å². The van der Waals surface area contributed by atoms with Gasteiger partial charge in [-0.15, -0.1) is 0 Å².